The molecule has 0 spiro atoms. The third kappa shape index (κ3) is 8.41. The minimum Gasteiger partial charge on any atom is -0.411 e. The van der Waals surface area contributed by atoms with E-state index in [1.807, 2.05) is 19.9 Å². The predicted molar refractivity (Wildman–Crippen MR) is 144 cm³/mol. The van der Waals surface area contributed by atoms with Crippen LogP contribution in [0.2, 0.25) is 36.3 Å². The molecule has 7 heteroatoms. The first-order valence-electron chi connectivity index (χ1n) is 12.3. The summed E-state index contributed by atoms with van der Waals surface area (Å²) in [7, 11) is -4.14. The van der Waals surface area contributed by atoms with Crippen LogP contribution in [-0.2, 0) is 18.3 Å². The van der Waals surface area contributed by atoms with Gasteiger partial charge in [0.2, 0.25) is 0 Å². The summed E-state index contributed by atoms with van der Waals surface area (Å²) >= 11 is 0. The second-order valence-corrected chi connectivity index (χ2v) is 22.5. The average Bonchev–Trinajstić information content (AvgIpc) is 2.92. The van der Waals surface area contributed by atoms with Gasteiger partial charge in [-0.2, -0.15) is 0 Å². The van der Waals surface area contributed by atoms with Gasteiger partial charge in [-0.25, -0.2) is 0 Å². The molecule has 0 bridgehead atoms. The maximum atomic E-state index is 10.3. The Morgan fingerprint density at radius 2 is 1.36 bits per heavy atom. The zero-order valence-electron chi connectivity index (χ0n) is 23.6. The summed E-state index contributed by atoms with van der Waals surface area (Å²) in [6.07, 6.45) is 4.20. The Bertz CT molecular complexity index is 673. The molecule has 0 aromatic heterocycles. The fourth-order valence-corrected chi connectivity index (χ4v) is 6.03. The van der Waals surface area contributed by atoms with Crippen molar-refractivity contribution in [1.29, 1.82) is 0 Å². The van der Waals surface area contributed by atoms with Crippen molar-refractivity contribution in [3.05, 3.63) is 24.8 Å². The van der Waals surface area contributed by atoms with E-state index in [-0.39, 0.29) is 34.5 Å². The highest BCUT2D eigenvalue weighted by atomic mass is 28.4. The van der Waals surface area contributed by atoms with Gasteiger partial charge in [0.25, 0.3) is 0 Å². The molecule has 0 aliphatic carbocycles. The van der Waals surface area contributed by atoms with Crippen molar-refractivity contribution >= 4 is 16.6 Å². The molecule has 1 N–H and O–H groups in total. The summed E-state index contributed by atoms with van der Waals surface area (Å²) in [5, 5.41) is 10.5. The molecule has 1 rings (SSSR count). The fraction of sp³-hybridized carbons (Fsp3) is 0.846. The molecule has 1 aliphatic heterocycles. The Balaban J connectivity index is 3.34. The van der Waals surface area contributed by atoms with Crippen LogP contribution >= 0.6 is 0 Å². The monoisotopic (exact) mass is 500 g/mol. The number of hydrogen-bond donors (Lipinski definition) is 1. The summed E-state index contributed by atoms with van der Waals surface area (Å²) < 4.78 is 26.4. The van der Waals surface area contributed by atoms with Gasteiger partial charge in [-0.05, 0) is 63.5 Å². The zero-order chi connectivity index (χ0) is 26.0. The molecule has 5 atom stereocenters. The van der Waals surface area contributed by atoms with E-state index >= 15 is 0 Å². The van der Waals surface area contributed by atoms with Crippen LogP contribution in [0.25, 0.3) is 0 Å². The molecule has 0 unspecified atom stereocenters. The fourth-order valence-electron chi connectivity index (χ4n) is 3.36. The minimum absolute atomic E-state index is 0.0343. The Labute approximate surface area is 206 Å². The Kier molecular flexibility index (Phi) is 10.0. The lowest BCUT2D eigenvalue weighted by molar-refractivity contribution is -0.157. The Morgan fingerprint density at radius 1 is 0.909 bits per heavy atom. The molecule has 5 nitrogen and oxygen atoms in total. The van der Waals surface area contributed by atoms with E-state index in [4.69, 9.17) is 18.3 Å². The number of ether oxygens (including phenoxy) is 2. The molecule has 33 heavy (non-hydrogen) atoms. The molecule has 1 saturated heterocycles. The summed E-state index contributed by atoms with van der Waals surface area (Å²) in [6.45, 7) is 32.1. The summed E-state index contributed by atoms with van der Waals surface area (Å²) in [5.41, 5.74) is 0. The first kappa shape index (κ1) is 30.7. The number of rotatable bonds is 10. The minimum atomic E-state index is -2.13. The molecule has 1 fully saturated rings. The van der Waals surface area contributed by atoms with Crippen LogP contribution in [0.15, 0.2) is 24.8 Å². The topological polar surface area (TPSA) is 57.2 Å². The van der Waals surface area contributed by atoms with E-state index in [1.54, 1.807) is 12.2 Å². The molecular formula is C26H52O5Si2. The van der Waals surface area contributed by atoms with Gasteiger partial charge in [0.15, 0.2) is 22.4 Å². The van der Waals surface area contributed by atoms with Gasteiger partial charge >= 0.3 is 0 Å². The number of aliphatic hydroxyl groups excluding tert-OH is 1. The van der Waals surface area contributed by atoms with E-state index in [0.29, 0.717) is 6.42 Å². The number of aliphatic hydroxyl groups is 1. The maximum Gasteiger partial charge on any atom is 0.193 e. The quantitative estimate of drug-likeness (QED) is 0.264. The molecule has 194 valence electrons. The molecule has 0 aromatic carbocycles. The first-order valence-corrected chi connectivity index (χ1v) is 18.1. The SMILES string of the molecule is C=CC[C@H](O)/C=C/[C@H](O[Si](C)(C)C(C)(C)C)[C@@H]1OC(C)(C)O[C@H]1[C@H](C)O[Si](C)(C)C(C)(C)C. The van der Waals surface area contributed by atoms with Gasteiger partial charge in [0.1, 0.15) is 12.2 Å². The van der Waals surface area contributed by atoms with Gasteiger partial charge in [0, 0.05) is 0 Å². The summed E-state index contributed by atoms with van der Waals surface area (Å²) in [5.74, 6) is -0.747. The van der Waals surface area contributed by atoms with Crippen molar-refractivity contribution < 1.29 is 23.4 Å². The van der Waals surface area contributed by atoms with Crippen LogP contribution in [0.4, 0.5) is 0 Å². The van der Waals surface area contributed by atoms with E-state index < -0.39 is 28.5 Å². The van der Waals surface area contributed by atoms with Crippen LogP contribution in [-0.4, -0.2) is 58.0 Å². The normalized spacial score (nSPS) is 25.3. The van der Waals surface area contributed by atoms with Gasteiger partial charge in [0.05, 0.1) is 18.3 Å². The lowest BCUT2D eigenvalue weighted by atomic mass is 10.0. The van der Waals surface area contributed by atoms with E-state index in [2.05, 4.69) is 81.2 Å². The van der Waals surface area contributed by atoms with Crippen molar-refractivity contribution in [2.24, 2.45) is 0 Å². The second-order valence-electron chi connectivity index (χ2n) is 13.0. The molecule has 0 radical (unpaired) electrons. The Morgan fingerprint density at radius 3 is 1.82 bits per heavy atom. The molecule has 0 saturated carbocycles. The maximum absolute atomic E-state index is 10.3. The second kappa shape index (κ2) is 10.8. The van der Waals surface area contributed by atoms with Crippen LogP contribution in [0.5, 0.6) is 0 Å². The van der Waals surface area contributed by atoms with Crippen molar-refractivity contribution in [3.8, 4) is 0 Å². The predicted octanol–water partition coefficient (Wildman–Crippen LogP) is 6.80. The van der Waals surface area contributed by atoms with Gasteiger partial charge in [-0.3, -0.25) is 0 Å². The summed E-state index contributed by atoms with van der Waals surface area (Å²) in [4.78, 5) is 0. The van der Waals surface area contributed by atoms with Crippen molar-refractivity contribution in [2.45, 2.75) is 141 Å². The van der Waals surface area contributed by atoms with E-state index in [0.717, 1.165) is 0 Å². The van der Waals surface area contributed by atoms with Crippen LogP contribution in [0.3, 0.4) is 0 Å². The molecule has 0 aromatic rings. The first-order chi connectivity index (χ1) is 14.6. The van der Waals surface area contributed by atoms with Crippen molar-refractivity contribution in [3.63, 3.8) is 0 Å². The third-order valence-electron chi connectivity index (χ3n) is 7.40. The Hall–Kier alpha value is -0.286. The van der Waals surface area contributed by atoms with E-state index in [9.17, 15) is 5.11 Å². The standard InChI is InChI=1S/C26H52O5Si2/c1-15-16-20(27)17-18-21(31-33(13,14)25(6,7)8)23-22(28-26(9,10)29-23)19(2)30-32(11,12)24(3,4)5/h15,17-23,27H,1,16H2,2-14H3/b18-17+/t19-,20-,21-,22-,23-/m0/s1. The highest BCUT2D eigenvalue weighted by Gasteiger charge is 2.51. The lowest BCUT2D eigenvalue weighted by Gasteiger charge is -2.42. The zero-order valence-corrected chi connectivity index (χ0v) is 25.6. The average molecular weight is 501 g/mol. The van der Waals surface area contributed by atoms with Gasteiger partial charge in [-0.15, -0.1) is 6.58 Å². The lowest BCUT2D eigenvalue weighted by Crippen LogP contribution is -2.52. The third-order valence-corrected chi connectivity index (χ3v) is 16.5. The van der Waals surface area contributed by atoms with Crippen LogP contribution < -0.4 is 0 Å². The molecular weight excluding hydrogens is 448 g/mol. The van der Waals surface area contributed by atoms with Gasteiger partial charge in [-0.1, -0.05) is 59.8 Å². The molecule has 1 aliphatic rings. The highest BCUT2D eigenvalue weighted by Crippen LogP contribution is 2.42. The van der Waals surface area contributed by atoms with Crippen LogP contribution in [0, 0.1) is 0 Å². The van der Waals surface area contributed by atoms with Crippen molar-refractivity contribution in [2.75, 3.05) is 0 Å². The van der Waals surface area contributed by atoms with E-state index in [1.165, 1.54) is 0 Å². The molecule has 1 heterocycles. The largest absolute Gasteiger partial charge is 0.411 e. The highest BCUT2D eigenvalue weighted by molar-refractivity contribution is 6.74. The van der Waals surface area contributed by atoms with Crippen LogP contribution in [0.1, 0.15) is 68.7 Å². The molecule has 0 amide bonds. The van der Waals surface area contributed by atoms with Crippen molar-refractivity contribution in [1.82, 2.24) is 0 Å². The smallest absolute Gasteiger partial charge is 0.193 e. The van der Waals surface area contributed by atoms with Gasteiger partial charge < -0.3 is 23.4 Å². The number of hydrogen-bond acceptors (Lipinski definition) is 5. The summed E-state index contributed by atoms with van der Waals surface area (Å²) in [6, 6.07) is 0.